The largest absolute Gasteiger partial charge is 0.485 e. The molecule has 0 fully saturated rings. The van der Waals surface area contributed by atoms with Crippen LogP contribution in [0.15, 0.2) is 41.0 Å². The van der Waals surface area contributed by atoms with E-state index in [9.17, 15) is 9.59 Å². The lowest BCUT2D eigenvalue weighted by Gasteiger charge is -2.25. The second-order valence-corrected chi connectivity index (χ2v) is 4.74. The van der Waals surface area contributed by atoms with Crippen molar-refractivity contribution in [2.75, 3.05) is 6.61 Å². The Balaban J connectivity index is 1.57. The van der Waals surface area contributed by atoms with Gasteiger partial charge in [-0.1, -0.05) is 12.1 Å². The van der Waals surface area contributed by atoms with E-state index in [4.69, 9.17) is 13.9 Å². The van der Waals surface area contributed by atoms with Crippen molar-refractivity contribution in [3.63, 3.8) is 0 Å². The Labute approximate surface area is 126 Å². The van der Waals surface area contributed by atoms with Gasteiger partial charge in [0.05, 0.1) is 6.26 Å². The minimum absolute atomic E-state index is 0.0680. The number of aryl methyl sites for hydroxylation is 1. The molecule has 0 saturated heterocycles. The van der Waals surface area contributed by atoms with Crippen molar-refractivity contribution in [3.05, 3.63) is 47.9 Å². The summed E-state index contributed by atoms with van der Waals surface area (Å²) in [6.45, 7) is 1.80. The van der Waals surface area contributed by atoms with Crippen LogP contribution in [0, 0.1) is 6.92 Å². The van der Waals surface area contributed by atoms with Crippen LogP contribution in [0.2, 0.25) is 0 Å². The molecule has 7 heteroatoms. The monoisotopic (exact) mass is 302 g/mol. The van der Waals surface area contributed by atoms with E-state index in [1.165, 1.54) is 6.26 Å². The van der Waals surface area contributed by atoms with E-state index < -0.39 is 17.9 Å². The highest BCUT2D eigenvalue weighted by Gasteiger charge is 2.27. The first-order valence-electron chi connectivity index (χ1n) is 6.68. The number of amides is 2. The number of ether oxygens (including phenoxy) is 2. The number of para-hydroxylation sites is 2. The maximum Gasteiger partial charge on any atom is 0.305 e. The molecule has 7 nitrogen and oxygen atoms in total. The molecule has 0 radical (unpaired) electrons. The van der Waals surface area contributed by atoms with Gasteiger partial charge in [0, 0.05) is 5.56 Å². The molecule has 2 heterocycles. The van der Waals surface area contributed by atoms with Crippen molar-refractivity contribution in [1.82, 2.24) is 10.9 Å². The molecular formula is C15H14N2O5. The maximum atomic E-state index is 12.0. The zero-order chi connectivity index (χ0) is 15.5. The summed E-state index contributed by atoms with van der Waals surface area (Å²) in [6, 6.07) is 8.72. The van der Waals surface area contributed by atoms with Gasteiger partial charge in [0.2, 0.25) is 6.10 Å². The van der Waals surface area contributed by atoms with Crippen molar-refractivity contribution in [2.24, 2.45) is 0 Å². The van der Waals surface area contributed by atoms with Gasteiger partial charge in [-0.05, 0) is 25.1 Å². The molecule has 2 aromatic rings. The Morgan fingerprint density at radius 2 is 1.91 bits per heavy atom. The van der Waals surface area contributed by atoms with Gasteiger partial charge in [-0.15, -0.1) is 0 Å². The molecule has 1 unspecified atom stereocenters. The molecule has 1 aromatic carbocycles. The summed E-state index contributed by atoms with van der Waals surface area (Å²) in [5.74, 6) is 0.176. The van der Waals surface area contributed by atoms with Gasteiger partial charge < -0.3 is 13.9 Å². The highest BCUT2D eigenvalue weighted by molar-refractivity contribution is 5.94. The summed E-state index contributed by atoms with van der Waals surface area (Å²) in [6.07, 6.45) is 0.564. The number of fused-ring (bicyclic) bond motifs is 1. The Bertz CT molecular complexity index is 709. The van der Waals surface area contributed by atoms with Crippen LogP contribution in [-0.2, 0) is 4.79 Å². The van der Waals surface area contributed by atoms with Crippen LogP contribution in [0.1, 0.15) is 16.1 Å². The van der Waals surface area contributed by atoms with Gasteiger partial charge in [0.25, 0.3) is 5.91 Å². The number of carbonyl (C=O) groups excluding carboxylic acids is 2. The first-order chi connectivity index (χ1) is 10.6. The van der Waals surface area contributed by atoms with E-state index in [1.807, 2.05) is 6.07 Å². The molecule has 1 atom stereocenters. The number of furan rings is 1. The normalized spacial score (nSPS) is 16.0. The third kappa shape index (κ3) is 2.73. The number of hydrazine groups is 1. The number of carbonyl (C=O) groups is 2. The van der Waals surface area contributed by atoms with Gasteiger partial charge >= 0.3 is 5.91 Å². The Morgan fingerprint density at radius 1 is 1.14 bits per heavy atom. The van der Waals surface area contributed by atoms with E-state index in [0.29, 0.717) is 17.1 Å². The summed E-state index contributed by atoms with van der Waals surface area (Å²) < 4.78 is 16.0. The van der Waals surface area contributed by atoms with Gasteiger partial charge in [-0.2, -0.15) is 0 Å². The van der Waals surface area contributed by atoms with Crippen molar-refractivity contribution >= 4 is 11.8 Å². The topological polar surface area (TPSA) is 89.8 Å². The van der Waals surface area contributed by atoms with Crippen molar-refractivity contribution in [2.45, 2.75) is 13.0 Å². The number of rotatable bonds is 2. The van der Waals surface area contributed by atoms with Crippen molar-refractivity contribution in [3.8, 4) is 11.5 Å². The maximum absolute atomic E-state index is 12.0. The van der Waals surface area contributed by atoms with Crippen LogP contribution >= 0.6 is 0 Å². The molecule has 3 rings (SSSR count). The van der Waals surface area contributed by atoms with Gasteiger partial charge in [-0.3, -0.25) is 20.4 Å². The summed E-state index contributed by atoms with van der Waals surface area (Å²) in [4.78, 5) is 23.8. The first kappa shape index (κ1) is 14.0. The van der Waals surface area contributed by atoms with Crippen molar-refractivity contribution in [1.29, 1.82) is 0 Å². The van der Waals surface area contributed by atoms with E-state index in [1.54, 1.807) is 31.2 Å². The Hall–Kier alpha value is -2.96. The third-order valence-corrected chi connectivity index (χ3v) is 3.17. The van der Waals surface area contributed by atoms with Crippen LogP contribution in [0.4, 0.5) is 0 Å². The van der Waals surface area contributed by atoms with Crippen LogP contribution in [0.5, 0.6) is 11.5 Å². The molecule has 2 N–H and O–H groups in total. The molecule has 0 saturated carbocycles. The second-order valence-electron chi connectivity index (χ2n) is 4.74. The average Bonchev–Trinajstić information content (AvgIpc) is 2.98. The zero-order valence-electron chi connectivity index (χ0n) is 11.8. The minimum atomic E-state index is -0.840. The zero-order valence-corrected chi connectivity index (χ0v) is 11.8. The number of benzene rings is 1. The first-order valence-corrected chi connectivity index (χ1v) is 6.68. The molecule has 0 spiro atoms. The van der Waals surface area contributed by atoms with Gasteiger partial charge in [0.1, 0.15) is 6.61 Å². The highest BCUT2D eigenvalue weighted by Crippen LogP contribution is 2.30. The number of nitrogens with one attached hydrogen (secondary N) is 2. The fourth-order valence-corrected chi connectivity index (χ4v) is 2.01. The third-order valence-electron chi connectivity index (χ3n) is 3.17. The highest BCUT2D eigenvalue weighted by atomic mass is 16.6. The standard InChI is InChI=1S/C15H14N2O5/c1-9-6-7-20-13(9)15(19)17-16-14(18)12-8-21-10-4-2-3-5-11(10)22-12/h2-7,12H,8H2,1H3,(H,16,18)(H,17,19). The molecule has 1 aromatic heterocycles. The van der Waals surface area contributed by atoms with E-state index in [0.717, 1.165) is 0 Å². The van der Waals surface area contributed by atoms with Gasteiger partial charge in [0.15, 0.2) is 17.3 Å². The molecular weight excluding hydrogens is 288 g/mol. The second kappa shape index (κ2) is 5.80. The predicted molar refractivity (Wildman–Crippen MR) is 75.4 cm³/mol. The molecule has 22 heavy (non-hydrogen) atoms. The smallest absolute Gasteiger partial charge is 0.305 e. The lowest BCUT2D eigenvalue weighted by atomic mass is 10.2. The SMILES string of the molecule is Cc1ccoc1C(=O)NNC(=O)C1COc2ccccc2O1. The number of hydrogen-bond acceptors (Lipinski definition) is 5. The van der Waals surface area contributed by atoms with Gasteiger partial charge in [-0.25, -0.2) is 0 Å². The van der Waals surface area contributed by atoms with Crippen molar-refractivity contribution < 1.29 is 23.5 Å². The van der Waals surface area contributed by atoms with E-state index in [2.05, 4.69) is 10.9 Å². The lowest BCUT2D eigenvalue weighted by molar-refractivity contribution is -0.131. The van der Waals surface area contributed by atoms with E-state index in [-0.39, 0.29) is 12.4 Å². The quantitative estimate of drug-likeness (QED) is 0.813. The van der Waals surface area contributed by atoms with E-state index >= 15 is 0 Å². The molecule has 1 aliphatic heterocycles. The molecule has 114 valence electrons. The Kier molecular flexibility index (Phi) is 3.69. The number of hydrogen-bond donors (Lipinski definition) is 2. The molecule has 0 bridgehead atoms. The summed E-state index contributed by atoms with van der Waals surface area (Å²) >= 11 is 0. The summed E-state index contributed by atoms with van der Waals surface area (Å²) in [5, 5.41) is 0. The van der Waals surface area contributed by atoms with Crippen LogP contribution < -0.4 is 20.3 Å². The van der Waals surface area contributed by atoms with Crippen LogP contribution in [0.3, 0.4) is 0 Å². The molecule has 1 aliphatic rings. The lowest BCUT2D eigenvalue weighted by Crippen LogP contribution is -2.50. The average molecular weight is 302 g/mol. The Morgan fingerprint density at radius 3 is 2.64 bits per heavy atom. The molecule has 0 aliphatic carbocycles. The summed E-state index contributed by atoms with van der Waals surface area (Å²) in [5.41, 5.74) is 5.25. The predicted octanol–water partition coefficient (Wildman–Crippen LogP) is 1.19. The van der Waals surface area contributed by atoms with Crippen LogP contribution in [0.25, 0.3) is 0 Å². The van der Waals surface area contributed by atoms with Crippen LogP contribution in [-0.4, -0.2) is 24.5 Å². The minimum Gasteiger partial charge on any atom is -0.485 e. The summed E-state index contributed by atoms with van der Waals surface area (Å²) in [7, 11) is 0. The fraction of sp³-hybridized carbons (Fsp3) is 0.200. The fourth-order valence-electron chi connectivity index (χ4n) is 2.01. The molecule has 2 amide bonds.